The van der Waals surface area contributed by atoms with Gasteiger partial charge >= 0.3 is 0 Å². The summed E-state index contributed by atoms with van der Waals surface area (Å²) in [6, 6.07) is 13.6. The van der Waals surface area contributed by atoms with Gasteiger partial charge in [0.15, 0.2) is 0 Å². The van der Waals surface area contributed by atoms with Crippen molar-refractivity contribution in [2.45, 2.75) is 117 Å². The van der Waals surface area contributed by atoms with Gasteiger partial charge in [-0.1, -0.05) is 121 Å². The predicted molar refractivity (Wildman–Crippen MR) is 140 cm³/mol. The highest BCUT2D eigenvalue weighted by Gasteiger charge is 2.20. The number of aromatic nitrogens is 1. The molecule has 0 bridgehead atoms. The first-order valence-corrected chi connectivity index (χ1v) is 13.8. The zero-order valence-corrected chi connectivity index (χ0v) is 21.0. The molecule has 0 atom stereocenters. The molecule has 0 saturated heterocycles. The van der Waals surface area contributed by atoms with E-state index in [1.807, 2.05) is 0 Å². The average molecular weight is 434 g/mol. The minimum atomic E-state index is 0.937. The van der Waals surface area contributed by atoms with Gasteiger partial charge in [-0.05, 0) is 54.7 Å². The molecule has 1 aromatic heterocycles. The monoisotopic (exact) mass is 433 g/mol. The number of hydrogen-bond donors (Lipinski definition) is 0. The van der Waals surface area contributed by atoms with Crippen molar-refractivity contribution in [2.75, 3.05) is 0 Å². The van der Waals surface area contributed by atoms with Crippen molar-refractivity contribution in [2.24, 2.45) is 11.8 Å². The predicted octanol–water partition coefficient (Wildman–Crippen LogP) is 9.58. The third-order valence-electron chi connectivity index (χ3n) is 7.67. The highest BCUT2D eigenvalue weighted by Crippen LogP contribution is 2.34. The molecule has 0 radical (unpaired) electrons. The molecule has 2 aromatic rings. The molecular weight excluding hydrogens is 386 g/mol. The van der Waals surface area contributed by atoms with E-state index in [9.17, 15) is 0 Å². The van der Waals surface area contributed by atoms with Crippen LogP contribution in [0.1, 0.15) is 115 Å². The molecule has 0 aliphatic heterocycles. The molecule has 1 heterocycles. The Morgan fingerprint density at radius 3 is 1.91 bits per heavy atom. The molecular formula is C31H47N. The second-order valence-corrected chi connectivity index (χ2v) is 10.3. The largest absolute Gasteiger partial charge is 0.256 e. The molecule has 32 heavy (non-hydrogen) atoms. The van der Waals surface area contributed by atoms with Crippen molar-refractivity contribution in [3.63, 3.8) is 0 Å². The van der Waals surface area contributed by atoms with Crippen LogP contribution in [0.3, 0.4) is 0 Å². The second-order valence-electron chi connectivity index (χ2n) is 10.3. The minimum absolute atomic E-state index is 0.937. The molecule has 1 heteroatoms. The van der Waals surface area contributed by atoms with Gasteiger partial charge in [-0.25, -0.2) is 0 Å². The quantitative estimate of drug-likeness (QED) is 0.270. The Morgan fingerprint density at radius 2 is 1.25 bits per heavy atom. The summed E-state index contributed by atoms with van der Waals surface area (Å²) in [6.45, 7) is 4.59. The molecule has 176 valence electrons. The van der Waals surface area contributed by atoms with Crippen molar-refractivity contribution < 1.29 is 0 Å². The summed E-state index contributed by atoms with van der Waals surface area (Å²) in [5, 5.41) is 0. The van der Waals surface area contributed by atoms with E-state index in [0.717, 1.165) is 17.5 Å². The molecule has 1 aliphatic carbocycles. The van der Waals surface area contributed by atoms with Crippen molar-refractivity contribution in [3.05, 3.63) is 53.7 Å². The lowest BCUT2D eigenvalue weighted by atomic mass is 9.78. The van der Waals surface area contributed by atoms with Crippen molar-refractivity contribution in [1.82, 2.24) is 4.98 Å². The van der Waals surface area contributed by atoms with E-state index in [-0.39, 0.29) is 0 Å². The van der Waals surface area contributed by atoms with Crippen LogP contribution in [0.2, 0.25) is 0 Å². The summed E-state index contributed by atoms with van der Waals surface area (Å²) >= 11 is 0. The number of rotatable bonds is 14. The Hall–Kier alpha value is -1.63. The van der Waals surface area contributed by atoms with Crippen LogP contribution in [0.4, 0.5) is 0 Å². The van der Waals surface area contributed by atoms with E-state index in [1.54, 1.807) is 0 Å². The molecule has 1 saturated carbocycles. The van der Waals surface area contributed by atoms with Crippen molar-refractivity contribution in [1.29, 1.82) is 0 Å². The van der Waals surface area contributed by atoms with Crippen LogP contribution >= 0.6 is 0 Å². The van der Waals surface area contributed by atoms with E-state index >= 15 is 0 Å². The van der Waals surface area contributed by atoms with Crippen LogP contribution in [-0.2, 0) is 12.8 Å². The number of hydrogen-bond acceptors (Lipinski definition) is 1. The van der Waals surface area contributed by atoms with E-state index in [0.29, 0.717) is 0 Å². The van der Waals surface area contributed by atoms with Crippen molar-refractivity contribution in [3.8, 4) is 11.3 Å². The normalized spacial score (nSPS) is 18.7. The molecule has 0 unspecified atom stereocenters. The van der Waals surface area contributed by atoms with E-state index in [1.165, 1.54) is 119 Å². The maximum absolute atomic E-state index is 4.79. The lowest BCUT2D eigenvalue weighted by Gasteiger charge is -2.28. The van der Waals surface area contributed by atoms with Gasteiger partial charge in [-0.3, -0.25) is 4.98 Å². The Labute approximate surface area is 198 Å². The SMILES string of the molecule is CCCCCCCc1ccc(-c2ccc(CCC3CCC(CCCCC)CC3)cn2)cc1. The highest BCUT2D eigenvalue weighted by molar-refractivity contribution is 5.59. The molecule has 1 fully saturated rings. The van der Waals surface area contributed by atoms with E-state index in [4.69, 9.17) is 4.98 Å². The van der Waals surface area contributed by atoms with E-state index in [2.05, 4.69) is 56.4 Å². The fourth-order valence-electron chi connectivity index (χ4n) is 5.38. The number of benzene rings is 1. The molecule has 0 spiro atoms. The second kappa shape index (κ2) is 14.5. The third kappa shape index (κ3) is 8.72. The topological polar surface area (TPSA) is 12.9 Å². The van der Waals surface area contributed by atoms with Crippen LogP contribution in [-0.4, -0.2) is 4.98 Å². The third-order valence-corrected chi connectivity index (χ3v) is 7.67. The summed E-state index contributed by atoms with van der Waals surface area (Å²) < 4.78 is 0. The van der Waals surface area contributed by atoms with Gasteiger partial charge in [0.05, 0.1) is 5.69 Å². The van der Waals surface area contributed by atoms with Crippen molar-refractivity contribution >= 4 is 0 Å². The summed E-state index contributed by atoms with van der Waals surface area (Å²) in [4.78, 5) is 4.79. The molecule has 1 aromatic carbocycles. The number of aryl methyl sites for hydroxylation is 2. The first-order valence-electron chi connectivity index (χ1n) is 13.8. The maximum Gasteiger partial charge on any atom is 0.0702 e. The molecule has 3 rings (SSSR count). The zero-order valence-electron chi connectivity index (χ0n) is 21.0. The Morgan fingerprint density at radius 1 is 0.625 bits per heavy atom. The van der Waals surface area contributed by atoms with Crippen LogP contribution in [0.15, 0.2) is 42.6 Å². The van der Waals surface area contributed by atoms with Gasteiger partial charge in [-0.2, -0.15) is 0 Å². The lowest BCUT2D eigenvalue weighted by Crippen LogP contribution is -2.15. The number of nitrogens with zero attached hydrogens (tertiary/aromatic N) is 1. The van der Waals surface area contributed by atoms with Crippen LogP contribution in [0, 0.1) is 11.8 Å². The van der Waals surface area contributed by atoms with Gasteiger partial charge in [-0.15, -0.1) is 0 Å². The fourth-order valence-corrected chi connectivity index (χ4v) is 5.38. The van der Waals surface area contributed by atoms with Crippen LogP contribution < -0.4 is 0 Å². The van der Waals surface area contributed by atoms with Crippen LogP contribution in [0.25, 0.3) is 11.3 Å². The molecule has 0 N–H and O–H groups in total. The van der Waals surface area contributed by atoms with Gasteiger partial charge in [0.2, 0.25) is 0 Å². The summed E-state index contributed by atoms with van der Waals surface area (Å²) in [5.41, 5.74) is 5.22. The Kier molecular flexibility index (Phi) is 11.3. The van der Waals surface area contributed by atoms with Gasteiger partial charge in [0.25, 0.3) is 0 Å². The average Bonchev–Trinajstić information content (AvgIpc) is 2.84. The van der Waals surface area contributed by atoms with E-state index < -0.39 is 0 Å². The summed E-state index contributed by atoms with van der Waals surface area (Å²) in [6.07, 6.45) is 24.2. The highest BCUT2D eigenvalue weighted by atomic mass is 14.7. The first-order chi connectivity index (χ1) is 15.8. The Bertz CT molecular complexity index is 722. The standard InChI is InChI=1S/C31H47N/c1-3-5-7-8-10-12-27-19-22-30(23-20-27)31-24-21-29(25-32-31)18-17-28-15-13-26(14-16-28)11-9-6-4-2/h19-26,28H,3-18H2,1-2H3. The summed E-state index contributed by atoms with van der Waals surface area (Å²) in [7, 11) is 0. The zero-order chi connectivity index (χ0) is 22.4. The number of unbranched alkanes of at least 4 members (excludes halogenated alkanes) is 6. The van der Waals surface area contributed by atoms with Gasteiger partial charge < -0.3 is 0 Å². The molecule has 0 amide bonds. The Balaban J connectivity index is 1.38. The summed E-state index contributed by atoms with van der Waals surface area (Å²) in [5.74, 6) is 1.96. The van der Waals surface area contributed by atoms with Gasteiger partial charge in [0, 0.05) is 11.8 Å². The molecule has 1 nitrogen and oxygen atoms in total. The molecule has 1 aliphatic rings. The smallest absolute Gasteiger partial charge is 0.0702 e. The number of pyridine rings is 1. The lowest BCUT2D eigenvalue weighted by molar-refractivity contribution is 0.249. The maximum atomic E-state index is 4.79. The minimum Gasteiger partial charge on any atom is -0.256 e. The first kappa shape index (κ1) is 25.0. The fraction of sp³-hybridized carbons (Fsp3) is 0.645. The van der Waals surface area contributed by atoms with Gasteiger partial charge in [0.1, 0.15) is 0 Å². The van der Waals surface area contributed by atoms with Crippen LogP contribution in [0.5, 0.6) is 0 Å².